The molecule has 4 aliphatic carbocycles. The molecular formula is C130H126O10S6+6. The average molecular weight is 2040 g/mol. The van der Waals surface area contributed by atoms with Gasteiger partial charge in [0, 0.05) is 108 Å². The number of hydrogen-bond donors (Lipinski definition) is 0. The van der Waals surface area contributed by atoms with Crippen LogP contribution >= 0.6 is 0 Å². The fraction of sp³-hybridized carbons (Fsp3) is 0.262. The molecular weight excluding hydrogens is 1910 g/mol. The summed E-state index contributed by atoms with van der Waals surface area (Å²) >= 11 is 0. The molecule has 16 heteroatoms. The van der Waals surface area contributed by atoms with Gasteiger partial charge in [0.2, 0.25) is 0 Å². The Kier molecular flexibility index (Phi) is 32.1. The van der Waals surface area contributed by atoms with Gasteiger partial charge in [-0.1, -0.05) is 282 Å². The lowest BCUT2D eigenvalue weighted by atomic mass is 9.87. The molecule has 0 radical (unpaired) electrons. The van der Waals surface area contributed by atoms with E-state index in [1.807, 2.05) is 170 Å². The first-order valence-electron chi connectivity index (χ1n) is 52.0. The number of esters is 4. The van der Waals surface area contributed by atoms with Crippen molar-refractivity contribution in [3.8, 4) is 45.3 Å². The molecule has 0 amide bonds. The zero-order chi connectivity index (χ0) is 99.2. The van der Waals surface area contributed by atoms with Gasteiger partial charge in [-0.2, -0.15) is 0 Å². The second kappa shape index (κ2) is 47.0. The Balaban J connectivity index is 0.000000105. The summed E-state index contributed by atoms with van der Waals surface area (Å²) in [7, 11) is 2.15. The minimum absolute atomic E-state index is 0.208. The molecule has 0 bridgehead atoms. The molecule has 16 aromatic rings. The molecule has 0 unspecified atom stereocenters. The zero-order valence-electron chi connectivity index (χ0n) is 83.5. The van der Waals surface area contributed by atoms with Crippen molar-refractivity contribution in [2.24, 2.45) is 0 Å². The molecule has 10 aliphatic rings. The predicted molar refractivity (Wildman–Crippen MR) is 614 cm³/mol. The summed E-state index contributed by atoms with van der Waals surface area (Å²) in [6.45, 7) is 10.5. The van der Waals surface area contributed by atoms with Crippen LogP contribution in [0.5, 0.6) is 23.0 Å². The third kappa shape index (κ3) is 22.4. The van der Waals surface area contributed by atoms with Crippen molar-refractivity contribution in [2.45, 2.75) is 144 Å². The van der Waals surface area contributed by atoms with Crippen molar-refractivity contribution in [1.82, 2.24) is 0 Å². The topological polar surface area (TPSA) is 124 Å². The molecule has 6 saturated heterocycles. The van der Waals surface area contributed by atoms with Crippen LogP contribution in [0.2, 0.25) is 0 Å². The summed E-state index contributed by atoms with van der Waals surface area (Å²) in [4.78, 5) is 61.6. The monoisotopic (exact) mass is 2040 g/mol. The molecule has 26 rings (SSSR count). The Labute approximate surface area is 877 Å². The molecule has 10 nitrogen and oxygen atoms in total. The van der Waals surface area contributed by atoms with Gasteiger partial charge < -0.3 is 28.4 Å². The van der Waals surface area contributed by atoms with Crippen molar-refractivity contribution >= 4 is 143 Å². The van der Waals surface area contributed by atoms with E-state index in [-0.39, 0.29) is 41.1 Å². The first-order valence-corrected chi connectivity index (χ1v) is 61.4. The van der Waals surface area contributed by atoms with Crippen LogP contribution < -0.4 is 18.9 Å². The molecule has 16 aromatic carbocycles. The summed E-state index contributed by atoms with van der Waals surface area (Å²) in [5.74, 6) is 16.0. The normalized spacial score (nSPS) is 16.7. The fourth-order valence-electron chi connectivity index (χ4n) is 21.9. The maximum atomic E-state index is 13.5. The van der Waals surface area contributed by atoms with Crippen LogP contribution in [0.1, 0.15) is 147 Å². The highest BCUT2D eigenvalue weighted by atomic mass is 32.2. The average Bonchev–Trinajstić information content (AvgIpc) is 1.59. The highest BCUT2D eigenvalue weighted by Gasteiger charge is 2.41. The number of benzene rings is 16. The van der Waals surface area contributed by atoms with Gasteiger partial charge in [0.1, 0.15) is 104 Å². The lowest BCUT2D eigenvalue weighted by Crippen LogP contribution is -2.26. The van der Waals surface area contributed by atoms with E-state index >= 15 is 0 Å². The molecule has 0 aromatic heterocycles. The summed E-state index contributed by atoms with van der Waals surface area (Å²) in [6, 6.07) is 119. The van der Waals surface area contributed by atoms with Gasteiger partial charge in [-0.25, -0.2) is 9.59 Å². The SMILES string of the molecule is CC(C)(C)c1ccc([S+]2CCOCC2)cc1.O=C(Oc1ccc([S+]2CCCC2)c2ccccc12)C1=CCc2ccccc21.O=C(Oc1ccc([S+]2CCCC2)c2ccccc12)C1c2ccccc2-c2ccccc21.O=C(Oc1ccc([S+]2CCCCC2)c2ccccc12)C1=CCc2ccccc21.O=C(Oc1ccc([S+]2CCCCC2)c2ccccc12)C1c2ccccc2-c2ccccc21.c1ccc([S+]2CCOCC2)cc1. The van der Waals surface area contributed by atoms with Crippen LogP contribution in [-0.4, -0.2) is 119 Å². The highest BCUT2D eigenvalue weighted by molar-refractivity contribution is 7.98. The lowest BCUT2D eigenvalue weighted by molar-refractivity contribution is -0.135. The van der Waals surface area contributed by atoms with Crippen LogP contribution in [0, 0.1) is 0 Å². The van der Waals surface area contributed by atoms with Crippen molar-refractivity contribution in [2.75, 3.05) is 95.5 Å². The van der Waals surface area contributed by atoms with E-state index in [9.17, 15) is 19.2 Å². The third-order valence-corrected chi connectivity index (χ3v) is 44.0. The smallest absolute Gasteiger partial charge is 0.343 e. The van der Waals surface area contributed by atoms with Gasteiger partial charge in [-0.15, -0.1) is 0 Å². The Hall–Kier alpha value is -12.1. The largest absolute Gasteiger partial charge is 0.425 e. The maximum absolute atomic E-state index is 13.5. The zero-order valence-corrected chi connectivity index (χ0v) is 88.4. The molecule has 6 fully saturated rings. The van der Waals surface area contributed by atoms with Gasteiger partial charge in [0.25, 0.3) is 0 Å². The number of allylic oxidation sites excluding steroid dienone is 2. The van der Waals surface area contributed by atoms with Crippen LogP contribution in [0.25, 0.3) is 76.5 Å². The van der Waals surface area contributed by atoms with E-state index in [1.165, 1.54) is 201 Å². The molecule has 146 heavy (non-hydrogen) atoms. The number of ether oxygens (including phenoxy) is 6. The molecule has 736 valence electrons. The molecule has 0 saturated carbocycles. The first kappa shape index (κ1) is 99.9. The van der Waals surface area contributed by atoms with Crippen molar-refractivity contribution in [1.29, 1.82) is 0 Å². The van der Waals surface area contributed by atoms with Crippen molar-refractivity contribution in [3.63, 3.8) is 0 Å². The third-order valence-electron chi connectivity index (χ3n) is 29.3. The quantitative estimate of drug-likeness (QED) is 0.0590. The summed E-state index contributed by atoms with van der Waals surface area (Å²) in [6.07, 6.45) is 18.8. The minimum atomic E-state index is -0.388. The fourth-order valence-corrected chi connectivity index (χ4v) is 35.6. The van der Waals surface area contributed by atoms with Gasteiger partial charge in [0.15, 0.2) is 29.4 Å². The van der Waals surface area contributed by atoms with Crippen LogP contribution in [0.4, 0.5) is 0 Å². The molecule has 6 heterocycles. The summed E-state index contributed by atoms with van der Waals surface area (Å²) < 4.78 is 34.8. The van der Waals surface area contributed by atoms with Crippen LogP contribution in [0.3, 0.4) is 0 Å². The second-order valence-electron chi connectivity index (χ2n) is 39.5. The number of hydrogen-bond acceptors (Lipinski definition) is 10. The van der Waals surface area contributed by atoms with Gasteiger partial charge in [0.05, 0.1) is 37.6 Å². The number of carbonyl (C=O) groups is 4. The number of fused-ring (bicyclic) bond motifs is 12. The standard InChI is InChI=1S/C29H25O2S.C28H23O2S.C25H23O2S.C24H21O2S.C14H21OS.C10H13OS/c30-29(28-24-14-6-2-10-20(24)21-11-3-7-15-25(21)28)31-26-16-17-27(32-18-8-1-9-19-32)23-13-5-4-12-22(23)26;29-28(27-23-13-5-1-9-19(23)20-10-2-6-14-24(20)27)30-25-15-16-26(31-17-7-8-18-31)22-12-4-3-11-21(22)25;26-25(22-13-12-18-8-2-3-9-19(18)22)27-23-14-15-24(28-16-6-1-7-17-28)21-11-5-4-10-20(21)23;25-24(21-12-11-17-7-1-2-8-18(17)21)26-22-13-14-23(27-15-5-6-16-27)20-10-4-3-9-19(20)22;1-14(2,3)12-4-6-13(7-5-12)16-10-8-15-9-11-16;1-2-4-10(5-3-1)12-8-6-11-7-9-12/h2-7,10-17,28H,1,8-9,18-19H2;1-6,9-16,27H,7-8,17-18H2;2-5,8-11,13-15H,1,6-7,12,16-17H2;1-4,7-10,12-14H,5-6,11,15-16H2;4-7H,8-11H2,1-3H3;1-5H,6-9H2/q6*+1. The Morgan fingerprint density at radius 3 is 0.822 bits per heavy atom. The Bertz CT molecular complexity index is 7390. The highest BCUT2D eigenvalue weighted by Crippen LogP contribution is 2.50. The molecule has 0 N–H and O–H groups in total. The first-order chi connectivity index (χ1) is 71.8. The number of carbonyl (C=O) groups excluding carboxylic acids is 4. The summed E-state index contributed by atoms with van der Waals surface area (Å²) in [5.41, 5.74) is 16.0. The molecule has 0 atom stereocenters. The van der Waals surface area contributed by atoms with Gasteiger partial charge in [-0.3, -0.25) is 9.59 Å². The van der Waals surface area contributed by atoms with E-state index in [4.69, 9.17) is 28.4 Å². The van der Waals surface area contributed by atoms with Gasteiger partial charge >= 0.3 is 23.9 Å². The lowest BCUT2D eigenvalue weighted by Gasteiger charge is -2.19. The van der Waals surface area contributed by atoms with Crippen molar-refractivity contribution < 1.29 is 47.6 Å². The Morgan fingerprint density at radius 1 is 0.247 bits per heavy atom. The summed E-state index contributed by atoms with van der Waals surface area (Å²) in [5, 5.41) is 9.07. The van der Waals surface area contributed by atoms with Gasteiger partial charge in [-0.05, 0) is 252 Å². The van der Waals surface area contributed by atoms with Crippen molar-refractivity contribution in [3.05, 3.63) is 408 Å². The second-order valence-corrected chi connectivity index (χ2v) is 53.0. The van der Waals surface area contributed by atoms with E-state index in [2.05, 4.69) is 209 Å². The van der Waals surface area contributed by atoms with E-state index in [1.54, 1.807) is 0 Å². The Morgan fingerprint density at radius 2 is 0.507 bits per heavy atom. The minimum Gasteiger partial charge on any atom is -0.425 e. The van der Waals surface area contributed by atoms with E-state index in [0.717, 1.165) is 116 Å². The van der Waals surface area contributed by atoms with E-state index in [0.29, 0.717) is 99.5 Å². The van der Waals surface area contributed by atoms with E-state index < -0.39 is 0 Å². The molecule has 0 spiro atoms. The van der Waals surface area contributed by atoms with Crippen LogP contribution in [0.15, 0.2) is 387 Å². The number of rotatable bonds is 14. The molecule has 6 aliphatic heterocycles. The predicted octanol–water partition coefficient (Wildman–Crippen LogP) is 28.4. The maximum Gasteiger partial charge on any atom is 0.343 e. The van der Waals surface area contributed by atoms with Crippen LogP contribution in [-0.2, 0) is 112 Å².